The maximum absolute atomic E-state index is 14.1. The molecule has 0 aromatic rings. The van der Waals surface area contributed by atoms with Gasteiger partial charge in [0.05, 0.1) is 31.5 Å². The van der Waals surface area contributed by atoms with Crippen LogP contribution in [-0.2, 0) is 81.5 Å². The largest absolute Gasteiger partial charge is 0.398 e. The van der Waals surface area contributed by atoms with Gasteiger partial charge in [-0.15, -0.1) is 0 Å². The summed E-state index contributed by atoms with van der Waals surface area (Å²) in [6, 6.07) is -1.28. The molecule has 0 spiro atoms. The van der Waals surface area contributed by atoms with Crippen molar-refractivity contribution >= 4 is 44.2 Å². The molecule has 3 heterocycles. The summed E-state index contributed by atoms with van der Waals surface area (Å²) in [7, 11) is -9.46. The van der Waals surface area contributed by atoms with Crippen LogP contribution in [0.1, 0.15) is 111 Å². The summed E-state index contributed by atoms with van der Waals surface area (Å²) < 4.78 is 115. The fourth-order valence-electron chi connectivity index (χ4n) is 10.5. The van der Waals surface area contributed by atoms with Gasteiger partial charge in [0.1, 0.15) is 60.7 Å². The molecule has 5 rings (SSSR count). The van der Waals surface area contributed by atoms with E-state index >= 15 is 0 Å². The maximum Gasteiger partial charge on any atom is 0.398 e. The number of hydrogen-bond donors (Lipinski definition) is 8. The van der Waals surface area contributed by atoms with E-state index in [0.29, 0.717) is 25.9 Å². The standard InChI is InChI=1S/C46H78N2O24S2/c1-5-28-21-29(30(51)14-9-18-65-19-10-15-31(52)42(72-74(61,62)63)35(24-64-4)71-73(58,59)60)22-32(41(28)70-46-40(56)39(55)37(53)25(2)66-46)68-45-36(47-26(3)50)43(38(54)34(23-49)69-45)67-33(44(57)48-16-11-17-48)20-27-12-7-6-8-13-27/h25,27-29,32-43,45-46,49,53-56H,5-24H2,1-4H3,(H,47,50)(H,58,59,60)(H,61,62,63)/t25?,28?,29?,32-,33+,34+,35-,36?,37-,38+,39+,40?,41-,42+,43?,45-,46+/m1/s1. The van der Waals surface area contributed by atoms with Crippen molar-refractivity contribution in [1.29, 1.82) is 0 Å². The number of nitrogens with one attached hydrogen (secondary N) is 1. The van der Waals surface area contributed by atoms with Crippen molar-refractivity contribution in [2.75, 3.05) is 46.6 Å². The molecule has 0 aromatic heterocycles. The van der Waals surface area contributed by atoms with E-state index in [1.807, 2.05) is 6.92 Å². The Kier molecular flexibility index (Phi) is 24.4. The third-order valence-corrected chi connectivity index (χ3v) is 15.4. The van der Waals surface area contributed by atoms with Crippen LogP contribution in [0.3, 0.4) is 0 Å². The molecule has 17 atom stereocenters. The third-order valence-electron chi connectivity index (χ3n) is 14.5. The van der Waals surface area contributed by atoms with Crippen molar-refractivity contribution in [2.45, 2.75) is 203 Å². The van der Waals surface area contributed by atoms with Crippen molar-refractivity contribution in [3.8, 4) is 0 Å². The summed E-state index contributed by atoms with van der Waals surface area (Å²) in [6.07, 6.45) is -13.8. The summed E-state index contributed by atoms with van der Waals surface area (Å²) in [4.78, 5) is 55.7. The number of aliphatic hydroxyl groups is 5. The highest BCUT2D eigenvalue weighted by atomic mass is 32.3. The Bertz CT molecular complexity index is 2030. The number of likely N-dealkylation sites (tertiary alicyclic amines) is 1. The number of carbonyl (C=O) groups is 4. The van der Waals surface area contributed by atoms with Crippen LogP contribution < -0.4 is 5.32 Å². The quantitative estimate of drug-likeness (QED) is 0.0339. The molecule has 5 fully saturated rings. The predicted octanol–water partition coefficient (Wildman–Crippen LogP) is -0.703. The van der Waals surface area contributed by atoms with E-state index in [0.717, 1.165) is 45.6 Å². The molecule has 428 valence electrons. The summed E-state index contributed by atoms with van der Waals surface area (Å²) >= 11 is 0. The lowest BCUT2D eigenvalue weighted by Crippen LogP contribution is -2.67. The van der Waals surface area contributed by atoms with Gasteiger partial charge in [-0.25, -0.2) is 8.37 Å². The molecule has 2 saturated carbocycles. The monoisotopic (exact) mass is 1110 g/mol. The molecule has 74 heavy (non-hydrogen) atoms. The van der Waals surface area contributed by atoms with E-state index in [2.05, 4.69) is 13.7 Å². The van der Waals surface area contributed by atoms with Gasteiger partial charge < -0.3 is 68.9 Å². The molecule has 5 aliphatic rings. The van der Waals surface area contributed by atoms with Gasteiger partial charge in [-0.2, -0.15) is 16.8 Å². The number of ether oxygens (including phenoxy) is 7. The fraction of sp³-hybridized carbons (Fsp3) is 0.913. The van der Waals surface area contributed by atoms with Gasteiger partial charge in [-0.1, -0.05) is 45.4 Å². The SMILES string of the molecule is CCC1CC(C(=O)CCCOCCCC(=O)[C@H](OS(=O)(=O)O)[C@@H](COC)OS(=O)(=O)O)C[C@@H](O[C@@H]2O[C@@H](CO)[C@H](O)C(O[C@@H](CC3CCCCC3)C(=O)N3CCC3)C2NC(C)=O)[C@@H]1O[C@@H]1OC(C)[C@@H](O)[C@H](O)C1O. The Balaban J connectivity index is 1.32. The number of hydrogen-bond acceptors (Lipinski definition) is 22. The predicted molar refractivity (Wildman–Crippen MR) is 253 cm³/mol. The first-order valence-corrected chi connectivity index (χ1v) is 28.3. The molecule has 2 amide bonds. The summed E-state index contributed by atoms with van der Waals surface area (Å²) in [5, 5.41) is 57.3. The molecule has 0 bridgehead atoms. The van der Waals surface area contributed by atoms with E-state index in [4.69, 9.17) is 37.7 Å². The highest BCUT2D eigenvalue weighted by molar-refractivity contribution is 7.81. The smallest absolute Gasteiger partial charge is 0.394 e. The number of aliphatic hydroxyl groups excluding tert-OH is 5. The number of amides is 2. The fourth-order valence-corrected chi connectivity index (χ4v) is 11.4. The average Bonchev–Trinajstić information content (AvgIpc) is 3.31. The lowest BCUT2D eigenvalue weighted by atomic mass is 9.74. The number of ketones is 2. The number of nitrogens with zero attached hydrogens (tertiary/aromatic N) is 1. The number of Topliss-reactive ketones (excluding diaryl/α,β-unsaturated/α-hetero) is 2. The van der Waals surface area contributed by atoms with Gasteiger partial charge in [0.15, 0.2) is 24.5 Å². The van der Waals surface area contributed by atoms with Crippen LogP contribution in [0.4, 0.5) is 0 Å². The van der Waals surface area contributed by atoms with E-state index in [9.17, 15) is 66.1 Å². The molecule has 2 aliphatic carbocycles. The Morgan fingerprint density at radius 2 is 1.46 bits per heavy atom. The summed E-state index contributed by atoms with van der Waals surface area (Å²) in [5.41, 5.74) is 0. The Morgan fingerprint density at radius 3 is 2.04 bits per heavy atom. The van der Waals surface area contributed by atoms with Crippen molar-refractivity contribution in [3.63, 3.8) is 0 Å². The third kappa shape index (κ3) is 18.0. The minimum absolute atomic E-state index is 0.00314. The molecule has 3 saturated heterocycles. The first kappa shape index (κ1) is 62.4. The lowest BCUT2D eigenvalue weighted by molar-refractivity contribution is -0.338. The zero-order valence-electron chi connectivity index (χ0n) is 42.4. The molecule has 0 radical (unpaired) electrons. The Hall–Kier alpha value is -2.46. The van der Waals surface area contributed by atoms with Crippen molar-refractivity contribution in [2.24, 2.45) is 17.8 Å². The Morgan fingerprint density at radius 1 is 0.797 bits per heavy atom. The maximum atomic E-state index is 14.1. The molecular weight excluding hydrogens is 1030 g/mol. The molecule has 0 aromatic carbocycles. The van der Waals surface area contributed by atoms with E-state index in [-0.39, 0.29) is 62.9 Å². The van der Waals surface area contributed by atoms with Crippen LogP contribution >= 0.6 is 0 Å². The molecule has 6 unspecified atom stereocenters. The summed E-state index contributed by atoms with van der Waals surface area (Å²) in [5.74, 6) is -3.03. The van der Waals surface area contributed by atoms with E-state index in [1.165, 1.54) is 13.8 Å². The highest BCUT2D eigenvalue weighted by Crippen LogP contribution is 2.41. The minimum Gasteiger partial charge on any atom is -0.394 e. The first-order chi connectivity index (χ1) is 34.9. The highest BCUT2D eigenvalue weighted by Gasteiger charge is 2.53. The average molecular weight is 1110 g/mol. The zero-order valence-corrected chi connectivity index (χ0v) is 44.0. The lowest BCUT2D eigenvalue weighted by Gasteiger charge is -2.49. The van der Waals surface area contributed by atoms with Crippen LogP contribution in [0.15, 0.2) is 0 Å². The van der Waals surface area contributed by atoms with Crippen molar-refractivity contribution in [1.82, 2.24) is 10.2 Å². The van der Waals surface area contributed by atoms with Crippen molar-refractivity contribution < 1.29 is 112 Å². The number of rotatable bonds is 29. The van der Waals surface area contributed by atoms with Gasteiger partial charge in [-0.05, 0) is 57.3 Å². The number of methoxy groups -OCH3 is 1. The Labute approximate surface area is 432 Å². The van der Waals surface area contributed by atoms with Crippen LogP contribution in [0, 0.1) is 17.8 Å². The van der Waals surface area contributed by atoms with E-state index < -0.39 is 156 Å². The van der Waals surface area contributed by atoms with Crippen LogP contribution in [0.25, 0.3) is 0 Å². The van der Waals surface area contributed by atoms with E-state index in [1.54, 1.807) is 4.90 Å². The zero-order chi connectivity index (χ0) is 54.5. The first-order valence-electron chi connectivity index (χ1n) is 25.5. The minimum atomic E-state index is -5.31. The van der Waals surface area contributed by atoms with Gasteiger partial charge in [0.2, 0.25) is 5.91 Å². The molecule has 26 nitrogen and oxygen atoms in total. The summed E-state index contributed by atoms with van der Waals surface area (Å²) in [6.45, 7) is 4.15. The molecule has 28 heteroatoms. The topological polar surface area (TPSA) is 377 Å². The number of carbonyl (C=O) groups excluding carboxylic acids is 4. The second-order valence-electron chi connectivity index (χ2n) is 20.0. The second-order valence-corrected chi connectivity index (χ2v) is 22.1. The van der Waals surface area contributed by atoms with Crippen molar-refractivity contribution in [3.05, 3.63) is 0 Å². The van der Waals surface area contributed by atoms with Crippen LogP contribution in [-0.4, -0.2) is 218 Å². The van der Waals surface area contributed by atoms with Gasteiger partial charge in [0.25, 0.3) is 5.91 Å². The normalized spacial score (nSPS) is 33.5. The van der Waals surface area contributed by atoms with Crippen LogP contribution in [0.5, 0.6) is 0 Å². The molecule has 8 N–H and O–H groups in total. The van der Waals surface area contributed by atoms with Gasteiger partial charge in [0, 0.05) is 59.1 Å². The molecule has 3 aliphatic heterocycles. The second kappa shape index (κ2) is 29.0. The van der Waals surface area contributed by atoms with Crippen LogP contribution in [0.2, 0.25) is 0 Å². The van der Waals surface area contributed by atoms with Gasteiger partial charge >= 0.3 is 20.8 Å². The van der Waals surface area contributed by atoms with Gasteiger partial charge in [-0.3, -0.25) is 28.3 Å². The molecular formula is C46H78N2O24S2.